The Kier molecular flexibility index (Phi) is 5.09. The van der Waals surface area contributed by atoms with Gasteiger partial charge in [-0.25, -0.2) is 0 Å². The third kappa shape index (κ3) is 4.09. The minimum atomic E-state index is 0.361. The predicted octanol–water partition coefficient (Wildman–Crippen LogP) is 2.37. The van der Waals surface area contributed by atoms with E-state index in [1.807, 2.05) is 0 Å². The van der Waals surface area contributed by atoms with Gasteiger partial charge < -0.3 is 5.32 Å². The number of hydrogen-bond donors (Lipinski definition) is 1. The molecule has 1 fully saturated rings. The first kappa shape index (κ1) is 16.3. The second kappa shape index (κ2) is 7.81. The van der Waals surface area contributed by atoms with Crippen LogP contribution >= 0.6 is 0 Å². The molecule has 2 aliphatic heterocycles. The summed E-state index contributed by atoms with van der Waals surface area (Å²) < 4.78 is 0. The van der Waals surface area contributed by atoms with Gasteiger partial charge in [-0.2, -0.15) is 0 Å². The number of hydrogen-bond acceptors (Lipinski definition) is 4. The lowest BCUT2D eigenvalue weighted by Crippen LogP contribution is -2.57. The van der Waals surface area contributed by atoms with Crippen LogP contribution in [-0.4, -0.2) is 54.4 Å². The molecule has 0 saturated carbocycles. The standard InChI is InChI=1S/C21H26N4/c1-3-7-18(8-4-1)15-24-13-14-25(16-19-9-5-2-6-10-19)20(17-24)21-22-11-12-23-21/h1-10,20H,11-17H2,(H,22,23). The van der Waals surface area contributed by atoms with Crippen molar-refractivity contribution in [3.8, 4) is 0 Å². The zero-order valence-corrected chi connectivity index (χ0v) is 14.6. The number of amidine groups is 1. The van der Waals surface area contributed by atoms with E-state index in [0.29, 0.717) is 6.04 Å². The van der Waals surface area contributed by atoms with E-state index in [2.05, 4.69) is 75.8 Å². The van der Waals surface area contributed by atoms with E-state index in [-0.39, 0.29) is 0 Å². The molecule has 1 saturated heterocycles. The summed E-state index contributed by atoms with van der Waals surface area (Å²) in [6, 6.07) is 21.9. The Hall–Kier alpha value is -2.17. The van der Waals surface area contributed by atoms with Crippen LogP contribution in [0.4, 0.5) is 0 Å². The van der Waals surface area contributed by atoms with Crippen LogP contribution in [0, 0.1) is 0 Å². The molecule has 1 unspecified atom stereocenters. The van der Waals surface area contributed by atoms with E-state index in [9.17, 15) is 0 Å². The SMILES string of the molecule is c1ccc(CN2CCN(Cc3ccccc3)C(C3=NCCN3)C2)cc1. The summed E-state index contributed by atoms with van der Waals surface area (Å²) >= 11 is 0. The maximum absolute atomic E-state index is 4.73. The first-order valence-corrected chi connectivity index (χ1v) is 9.21. The molecule has 0 spiro atoms. The molecule has 2 heterocycles. The Bertz CT molecular complexity index is 698. The van der Waals surface area contributed by atoms with Gasteiger partial charge in [0.1, 0.15) is 5.84 Å². The van der Waals surface area contributed by atoms with Gasteiger partial charge in [-0.15, -0.1) is 0 Å². The van der Waals surface area contributed by atoms with Crippen LogP contribution in [0.5, 0.6) is 0 Å². The Morgan fingerprint density at radius 3 is 2.20 bits per heavy atom. The van der Waals surface area contributed by atoms with Crippen molar-refractivity contribution < 1.29 is 0 Å². The van der Waals surface area contributed by atoms with E-state index in [1.165, 1.54) is 17.0 Å². The highest BCUT2D eigenvalue weighted by molar-refractivity contribution is 5.89. The minimum absolute atomic E-state index is 0.361. The highest BCUT2D eigenvalue weighted by Crippen LogP contribution is 2.18. The lowest BCUT2D eigenvalue weighted by molar-refractivity contribution is 0.0943. The van der Waals surface area contributed by atoms with Crippen molar-refractivity contribution >= 4 is 5.84 Å². The van der Waals surface area contributed by atoms with E-state index >= 15 is 0 Å². The van der Waals surface area contributed by atoms with E-state index < -0.39 is 0 Å². The number of benzene rings is 2. The number of rotatable bonds is 5. The molecule has 4 rings (SSSR count). The summed E-state index contributed by atoms with van der Waals surface area (Å²) in [5.74, 6) is 1.17. The Morgan fingerprint density at radius 1 is 0.880 bits per heavy atom. The predicted molar refractivity (Wildman–Crippen MR) is 103 cm³/mol. The van der Waals surface area contributed by atoms with E-state index in [1.54, 1.807) is 0 Å². The first-order valence-electron chi connectivity index (χ1n) is 9.21. The van der Waals surface area contributed by atoms with Gasteiger partial charge in [0.15, 0.2) is 0 Å². The molecule has 25 heavy (non-hydrogen) atoms. The van der Waals surface area contributed by atoms with Crippen molar-refractivity contribution in [2.45, 2.75) is 19.1 Å². The van der Waals surface area contributed by atoms with Crippen LogP contribution in [-0.2, 0) is 13.1 Å². The van der Waals surface area contributed by atoms with Crippen LogP contribution in [0.25, 0.3) is 0 Å². The van der Waals surface area contributed by atoms with E-state index in [4.69, 9.17) is 4.99 Å². The van der Waals surface area contributed by atoms with Crippen LogP contribution in [0.2, 0.25) is 0 Å². The summed E-state index contributed by atoms with van der Waals surface area (Å²) in [6.07, 6.45) is 0. The van der Waals surface area contributed by atoms with Crippen molar-refractivity contribution in [2.75, 3.05) is 32.7 Å². The molecule has 0 bridgehead atoms. The topological polar surface area (TPSA) is 30.9 Å². The molecule has 0 radical (unpaired) electrons. The van der Waals surface area contributed by atoms with Crippen molar-refractivity contribution in [3.05, 3.63) is 71.8 Å². The van der Waals surface area contributed by atoms with Crippen LogP contribution in [0.3, 0.4) is 0 Å². The van der Waals surface area contributed by atoms with Gasteiger partial charge in [0.25, 0.3) is 0 Å². The Labute approximate surface area is 150 Å². The van der Waals surface area contributed by atoms with Gasteiger partial charge in [-0.05, 0) is 11.1 Å². The largest absolute Gasteiger partial charge is 0.371 e. The molecule has 4 heteroatoms. The van der Waals surface area contributed by atoms with Gasteiger partial charge in [0.05, 0.1) is 12.6 Å². The summed E-state index contributed by atoms with van der Waals surface area (Å²) in [7, 11) is 0. The fourth-order valence-electron chi connectivity index (χ4n) is 3.77. The second-order valence-electron chi connectivity index (χ2n) is 6.89. The molecule has 0 aromatic heterocycles. The maximum atomic E-state index is 4.73. The van der Waals surface area contributed by atoms with Crippen LogP contribution in [0.15, 0.2) is 65.7 Å². The molecule has 130 valence electrons. The zero-order valence-electron chi connectivity index (χ0n) is 14.6. The molecule has 2 aromatic carbocycles. The molecule has 0 aliphatic carbocycles. The quantitative estimate of drug-likeness (QED) is 0.911. The molecule has 1 atom stereocenters. The first-order chi connectivity index (χ1) is 12.4. The third-order valence-corrected chi connectivity index (χ3v) is 5.07. The normalized spacial score (nSPS) is 21.8. The highest BCUT2D eigenvalue weighted by Gasteiger charge is 2.31. The van der Waals surface area contributed by atoms with Gasteiger partial charge in [-0.1, -0.05) is 60.7 Å². The van der Waals surface area contributed by atoms with Gasteiger partial charge in [0, 0.05) is 39.3 Å². The van der Waals surface area contributed by atoms with Gasteiger partial charge in [0.2, 0.25) is 0 Å². The molecular formula is C21H26N4. The lowest BCUT2D eigenvalue weighted by Gasteiger charge is -2.41. The molecule has 4 nitrogen and oxygen atoms in total. The molecule has 1 N–H and O–H groups in total. The summed E-state index contributed by atoms with van der Waals surface area (Å²) in [4.78, 5) is 9.87. The Balaban J connectivity index is 1.47. The maximum Gasteiger partial charge on any atom is 0.115 e. The average molecular weight is 334 g/mol. The summed E-state index contributed by atoms with van der Waals surface area (Å²) in [5, 5.41) is 3.51. The molecular weight excluding hydrogens is 308 g/mol. The second-order valence-corrected chi connectivity index (χ2v) is 6.89. The summed E-state index contributed by atoms with van der Waals surface area (Å²) in [6.45, 7) is 7.11. The third-order valence-electron chi connectivity index (χ3n) is 5.07. The van der Waals surface area contributed by atoms with Crippen LogP contribution < -0.4 is 5.32 Å². The van der Waals surface area contributed by atoms with Crippen molar-refractivity contribution in [1.29, 1.82) is 0 Å². The average Bonchev–Trinajstić information content (AvgIpc) is 3.19. The van der Waals surface area contributed by atoms with Crippen molar-refractivity contribution in [1.82, 2.24) is 15.1 Å². The molecule has 2 aliphatic rings. The van der Waals surface area contributed by atoms with Crippen molar-refractivity contribution in [3.63, 3.8) is 0 Å². The van der Waals surface area contributed by atoms with Crippen molar-refractivity contribution in [2.24, 2.45) is 4.99 Å². The smallest absolute Gasteiger partial charge is 0.115 e. The number of nitrogens with one attached hydrogen (secondary N) is 1. The highest BCUT2D eigenvalue weighted by atomic mass is 15.3. The summed E-state index contributed by atoms with van der Waals surface area (Å²) in [5.41, 5.74) is 2.77. The molecule has 2 aromatic rings. The minimum Gasteiger partial charge on any atom is -0.371 e. The van der Waals surface area contributed by atoms with Gasteiger partial charge in [-0.3, -0.25) is 14.8 Å². The van der Waals surface area contributed by atoms with Crippen LogP contribution in [0.1, 0.15) is 11.1 Å². The number of piperazine rings is 1. The van der Waals surface area contributed by atoms with Gasteiger partial charge >= 0.3 is 0 Å². The fourth-order valence-corrected chi connectivity index (χ4v) is 3.77. The number of aliphatic imine (C=N–C) groups is 1. The molecule has 0 amide bonds. The lowest BCUT2D eigenvalue weighted by atomic mass is 10.1. The monoisotopic (exact) mass is 334 g/mol. The number of nitrogens with zero attached hydrogens (tertiary/aromatic N) is 3. The van der Waals surface area contributed by atoms with E-state index in [0.717, 1.165) is 45.8 Å². The fraction of sp³-hybridized carbons (Fsp3) is 0.381. The zero-order chi connectivity index (χ0) is 16.9. The Morgan fingerprint density at radius 2 is 1.56 bits per heavy atom.